The first-order valence-corrected chi connectivity index (χ1v) is 13.8. The van der Waals surface area contributed by atoms with Crippen LogP contribution in [0.15, 0.2) is 72.9 Å². The van der Waals surface area contributed by atoms with E-state index < -0.39 is 30.1 Å². The molecule has 0 spiro atoms. The first-order valence-electron chi connectivity index (χ1n) is 13.8. The number of nitrogens with one attached hydrogen (secondary N) is 2. The van der Waals surface area contributed by atoms with Crippen LogP contribution in [0, 0.1) is 5.82 Å². The molecule has 3 amide bonds. The van der Waals surface area contributed by atoms with Crippen molar-refractivity contribution >= 4 is 23.8 Å². The van der Waals surface area contributed by atoms with Crippen molar-refractivity contribution in [1.82, 2.24) is 25.6 Å². The maximum atomic E-state index is 15.3. The highest BCUT2D eigenvalue weighted by Gasteiger charge is 2.33. The molecule has 13 heteroatoms. The van der Waals surface area contributed by atoms with Gasteiger partial charge in [0.1, 0.15) is 17.7 Å². The average molecular weight is 603 g/mol. The molecule has 1 aromatic heterocycles. The highest BCUT2D eigenvalue weighted by molar-refractivity contribution is 5.90. The summed E-state index contributed by atoms with van der Waals surface area (Å²) in [5.74, 6) is -0.0763. The SMILES string of the molecule is COc1ccc(CC(c2cnn[nH]2)N(Cc2ccc(-c3ccc(N4C[C@H](CNC(C)=O)OC4=O)cc3F)cc2)C(=O)O)cc1. The lowest BCUT2D eigenvalue weighted by Gasteiger charge is -2.28. The van der Waals surface area contributed by atoms with Gasteiger partial charge in [-0.05, 0) is 53.4 Å². The molecule has 2 atom stereocenters. The molecule has 3 aromatic carbocycles. The number of ether oxygens (including phenoxy) is 2. The van der Waals surface area contributed by atoms with Crippen molar-refractivity contribution in [3.8, 4) is 16.9 Å². The number of nitrogens with zero attached hydrogens (tertiary/aromatic N) is 4. The molecule has 3 N–H and O–H groups in total. The Balaban J connectivity index is 1.31. The Labute approximate surface area is 252 Å². The van der Waals surface area contributed by atoms with Crippen LogP contribution >= 0.6 is 0 Å². The summed E-state index contributed by atoms with van der Waals surface area (Å²) in [6, 6.07) is 18.2. The van der Waals surface area contributed by atoms with E-state index in [1.807, 2.05) is 24.3 Å². The molecule has 4 aromatic rings. The summed E-state index contributed by atoms with van der Waals surface area (Å²) in [5.41, 5.74) is 3.39. The number of amides is 3. The molecule has 0 aliphatic carbocycles. The van der Waals surface area contributed by atoms with E-state index in [2.05, 4.69) is 20.7 Å². The number of aromatic nitrogens is 3. The van der Waals surface area contributed by atoms with Gasteiger partial charge < -0.3 is 19.9 Å². The molecule has 1 unspecified atom stereocenters. The minimum absolute atomic E-state index is 0.0631. The number of hydrogen-bond donors (Lipinski definition) is 3. The number of carboxylic acid groups (broad SMARTS) is 1. The molecule has 0 radical (unpaired) electrons. The van der Waals surface area contributed by atoms with Crippen LogP contribution in [0.3, 0.4) is 0 Å². The number of anilines is 1. The summed E-state index contributed by atoms with van der Waals surface area (Å²) in [6.45, 7) is 1.79. The Bertz CT molecular complexity index is 1610. The van der Waals surface area contributed by atoms with Crippen molar-refractivity contribution in [2.45, 2.75) is 32.0 Å². The Morgan fingerprint density at radius 3 is 2.50 bits per heavy atom. The van der Waals surface area contributed by atoms with Crippen molar-refractivity contribution < 1.29 is 33.4 Å². The van der Waals surface area contributed by atoms with Crippen molar-refractivity contribution in [3.05, 3.63) is 95.6 Å². The zero-order chi connectivity index (χ0) is 31.2. The van der Waals surface area contributed by atoms with Crippen molar-refractivity contribution in [2.24, 2.45) is 0 Å². The van der Waals surface area contributed by atoms with E-state index >= 15 is 4.39 Å². The van der Waals surface area contributed by atoms with E-state index in [1.165, 1.54) is 29.0 Å². The van der Waals surface area contributed by atoms with E-state index in [4.69, 9.17) is 9.47 Å². The zero-order valence-corrected chi connectivity index (χ0v) is 24.1. The molecule has 12 nitrogen and oxygen atoms in total. The lowest BCUT2D eigenvalue weighted by Crippen LogP contribution is -2.34. The second kappa shape index (κ2) is 13.2. The molecule has 0 saturated carbocycles. The smallest absolute Gasteiger partial charge is 0.414 e. The second-order valence-corrected chi connectivity index (χ2v) is 10.3. The highest BCUT2D eigenvalue weighted by Crippen LogP contribution is 2.31. The number of rotatable bonds is 11. The number of benzene rings is 3. The van der Waals surface area contributed by atoms with Crippen LogP contribution < -0.4 is 15.0 Å². The standard InChI is InChI=1S/C31H31FN6O6/c1-19(39)33-15-25-18-37(31(42)44-25)23-9-12-26(27(32)14-23)22-7-3-21(4-8-22)17-38(30(40)41)29(28-16-34-36-35-28)13-20-5-10-24(43-2)11-6-20/h3-12,14,16,25,29H,13,15,17-18H2,1-2H3,(H,33,39)(H,40,41)(H,34,35,36)/t25-,29?/m0/s1. The zero-order valence-electron chi connectivity index (χ0n) is 24.1. The van der Waals surface area contributed by atoms with Crippen LogP contribution in [0.4, 0.5) is 19.7 Å². The Morgan fingerprint density at radius 1 is 1.16 bits per heavy atom. The van der Waals surface area contributed by atoms with Crippen molar-refractivity contribution in [2.75, 3.05) is 25.1 Å². The largest absolute Gasteiger partial charge is 0.497 e. The summed E-state index contributed by atoms with van der Waals surface area (Å²) >= 11 is 0. The molecule has 0 bridgehead atoms. The fourth-order valence-electron chi connectivity index (χ4n) is 5.04. The minimum atomic E-state index is -1.12. The molecular formula is C31H31FN6O6. The summed E-state index contributed by atoms with van der Waals surface area (Å²) in [4.78, 5) is 38.6. The fraction of sp³-hybridized carbons (Fsp3) is 0.258. The lowest BCUT2D eigenvalue weighted by molar-refractivity contribution is -0.119. The Morgan fingerprint density at radius 2 is 1.89 bits per heavy atom. The van der Waals surface area contributed by atoms with E-state index in [-0.39, 0.29) is 25.5 Å². The maximum Gasteiger partial charge on any atom is 0.414 e. The number of aromatic amines is 1. The van der Waals surface area contributed by atoms with Crippen LogP contribution in [0.1, 0.15) is 29.8 Å². The predicted octanol–water partition coefficient (Wildman–Crippen LogP) is 4.54. The van der Waals surface area contributed by atoms with Crippen LogP contribution in [0.2, 0.25) is 0 Å². The quantitative estimate of drug-likeness (QED) is 0.226. The van der Waals surface area contributed by atoms with E-state index in [0.29, 0.717) is 40.2 Å². The normalized spacial score (nSPS) is 15.0. The number of halogens is 1. The van der Waals surface area contributed by atoms with Gasteiger partial charge in [-0.15, -0.1) is 5.10 Å². The van der Waals surface area contributed by atoms with Gasteiger partial charge in [-0.3, -0.25) is 19.7 Å². The van der Waals surface area contributed by atoms with E-state index in [0.717, 1.165) is 5.56 Å². The number of hydrogen-bond acceptors (Lipinski definition) is 7. The summed E-state index contributed by atoms with van der Waals surface area (Å²) < 4.78 is 25.8. The van der Waals surface area contributed by atoms with Gasteiger partial charge in [0.15, 0.2) is 0 Å². The van der Waals surface area contributed by atoms with Gasteiger partial charge in [-0.25, -0.2) is 14.0 Å². The number of cyclic esters (lactones) is 1. The Hall–Kier alpha value is -5.46. The van der Waals surface area contributed by atoms with Gasteiger partial charge >= 0.3 is 12.2 Å². The van der Waals surface area contributed by atoms with Gasteiger partial charge in [-0.2, -0.15) is 0 Å². The van der Waals surface area contributed by atoms with Crippen LogP contribution in [-0.2, 0) is 22.5 Å². The third-order valence-electron chi connectivity index (χ3n) is 7.34. The lowest BCUT2D eigenvalue weighted by atomic mass is 10.00. The average Bonchev–Trinajstić information content (AvgIpc) is 3.68. The van der Waals surface area contributed by atoms with E-state index in [1.54, 1.807) is 43.5 Å². The molecule has 1 aliphatic heterocycles. The molecular weight excluding hydrogens is 571 g/mol. The Kier molecular flexibility index (Phi) is 9.03. The fourth-order valence-corrected chi connectivity index (χ4v) is 5.04. The third-order valence-corrected chi connectivity index (χ3v) is 7.34. The van der Waals surface area contributed by atoms with Gasteiger partial charge in [-0.1, -0.05) is 41.6 Å². The maximum absolute atomic E-state index is 15.3. The molecule has 1 saturated heterocycles. The number of H-pyrrole nitrogens is 1. The second-order valence-electron chi connectivity index (χ2n) is 10.3. The van der Waals surface area contributed by atoms with Crippen LogP contribution in [0.25, 0.3) is 11.1 Å². The monoisotopic (exact) mass is 602 g/mol. The third kappa shape index (κ3) is 6.94. The molecule has 5 rings (SSSR count). The number of carbonyl (C=O) groups excluding carboxylic acids is 2. The highest BCUT2D eigenvalue weighted by atomic mass is 19.1. The van der Waals surface area contributed by atoms with Crippen LogP contribution in [-0.4, -0.2) is 69.8 Å². The van der Waals surface area contributed by atoms with Gasteiger partial charge in [0.2, 0.25) is 5.91 Å². The van der Waals surface area contributed by atoms with Crippen molar-refractivity contribution in [3.63, 3.8) is 0 Å². The number of carbonyl (C=O) groups is 3. The number of methoxy groups -OCH3 is 1. The molecule has 1 aliphatic rings. The molecule has 1 fully saturated rings. The van der Waals surface area contributed by atoms with Crippen molar-refractivity contribution in [1.29, 1.82) is 0 Å². The first-order chi connectivity index (χ1) is 21.2. The molecule has 2 heterocycles. The first kappa shape index (κ1) is 30.0. The van der Waals surface area contributed by atoms with Gasteiger partial charge in [0, 0.05) is 19.0 Å². The van der Waals surface area contributed by atoms with E-state index in [9.17, 15) is 19.5 Å². The van der Waals surface area contributed by atoms with Gasteiger partial charge in [0.05, 0.1) is 43.8 Å². The molecule has 228 valence electrons. The topological polar surface area (TPSA) is 150 Å². The minimum Gasteiger partial charge on any atom is -0.497 e. The van der Waals surface area contributed by atoms with Crippen LogP contribution in [0.5, 0.6) is 5.75 Å². The summed E-state index contributed by atoms with van der Waals surface area (Å²) in [5, 5.41) is 23.2. The summed E-state index contributed by atoms with van der Waals surface area (Å²) in [6.07, 6.45) is -0.397. The van der Waals surface area contributed by atoms with Gasteiger partial charge in [0.25, 0.3) is 0 Å². The predicted molar refractivity (Wildman–Crippen MR) is 158 cm³/mol. The molecule has 44 heavy (non-hydrogen) atoms. The summed E-state index contributed by atoms with van der Waals surface area (Å²) in [7, 11) is 1.58.